The van der Waals surface area contributed by atoms with Crippen molar-refractivity contribution in [2.24, 2.45) is 0 Å². The van der Waals surface area contributed by atoms with E-state index in [-0.39, 0.29) is 22.4 Å². The zero-order valence-corrected chi connectivity index (χ0v) is 30.1. The molecule has 10 atom stereocenters. The Hall–Kier alpha value is -5.24. The number of hydrogen-bond donors (Lipinski definition) is 4. The number of aliphatic hydroxyl groups excluding tert-OH is 4. The quantitative estimate of drug-likeness (QED) is 0.0660. The molecule has 16 nitrogen and oxygen atoms in total. The molecule has 0 unspecified atom stereocenters. The lowest BCUT2D eigenvalue weighted by Gasteiger charge is -2.46. The summed E-state index contributed by atoms with van der Waals surface area (Å²) in [5, 5.41) is 55.8. The molecule has 0 amide bonds. The number of carbonyl (C=O) groups is 3. The number of nitro benzene ring substituents is 1. The van der Waals surface area contributed by atoms with Gasteiger partial charge in [0.15, 0.2) is 12.4 Å². The van der Waals surface area contributed by atoms with E-state index in [2.05, 4.69) is 0 Å². The van der Waals surface area contributed by atoms with E-state index < -0.39 is 96.6 Å². The average Bonchev–Trinajstić information content (AvgIpc) is 3.22. The molecular weight excluding hydrogens is 754 g/mol. The number of nitrogens with zero attached hydrogens (tertiary/aromatic N) is 1. The van der Waals surface area contributed by atoms with E-state index in [4.69, 9.17) is 28.4 Å². The molecule has 4 N–H and O–H groups in total. The lowest BCUT2D eigenvalue weighted by molar-refractivity contribution is -0.384. The zero-order valence-electron chi connectivity index (χ0n) is 29.3. The maximum Gasteiger partial charge on any atom is 0.338 e. The molecule has 0 aromatic heterocycles. The lowest BCUT2D eigenvalue weighted by Crippen LogP contribution is -2.64. The zero-order chi connectivity index (χ0) is 39.8. The second-order valence-electron chi connectivity index (χ2n) is 12.7. The fourth-order valence-corrected chi connectivity index (χ4v) is 7.03. The first-order valence-electron chi connectivity index (χ1n) is 17.3. The molecule has 4 aromatic rings. The molecule has 2 saturated heterocycles. The summed E-state index contributed by atoms with van der Waals surface area (Å²) in [4.78, 5) is 50.1. The van der Waals surface area contributed by atoms with Crippen LogP contribution in [0.5, 0.6) is 0 Å². The number of ether oxygens (including phenoxy) is 6. The van der Waals surface area contributed by atoms with Crippen LogP contribution in [0.1, 0.15) is 31.1 Å². The molecular formula is C39H37NO15S. The van der Waals surface area contributed by atoms with Crippen molar-refractivity contribution in [3.63, 3.8) is 0 Å². The van der Waals surface area contributed by atoms with Crippen LogP contribution < -0.4 is 0 Å². The highest BCUT2D eigenvalue weighted by Gasteiger charge is 2.53. The summed E-state index contributed by atoms with van der Waals surface area (Å²) in [7, 11) is 0. The predicted molar refractivity (Wildman–Crippen MR) is 194 cm³/mol. The molecule has 2 aliphatic heterocycles. The molecule has 0 saturated carbocycles. The van der Waals surface area contributed by atoms with Crippen LogP contribution >= 0.6 is 11.8 Å². The SMILES string of the molecule is O=C(OC[C@H]1O[C@@H](O[C@H]2[C@H](O)[C@@H](OC(=O)c3ccccc3)[C@H](Sc3ccc([N+](=O)[O-])cc3)O[C@@H]2COC(=O)c2ccccc2)[C@H](O)[C@@H](O)[C@H]1O)c1ccccc1. The normalized spacial score (nSPS) is 27.4. The number of rotatable bonds is 13. The van der Waals surface area contributed by atoms with Gasteiger partial charge in [-0.15, -0.1) is 0 Å². The molecule has 0 aliphatic carbocycles. The van der Waals surface area contributed by atoms with Gasteiger partial charge < -0.3 is 48.8 Å². The molecule has 4 aromatic carbocycles. The van der Waals surface area contributed by atoms with Gasteiger partial charge in [0.2, 0.25) is 0 Å². The van der Waals surface area contributed by atoms with Crippen LogP contribution in [-0.4, -0.2) is 117 Å². The van der Waals surface area contributed by atoms with Crippen molar-refractivity contribution in [3.05, 3.63) is 142 Å². The number of benzene rings is 4. The second-order valence-corrected chi connectivity index (χ2v) is 13.9. The van der Waals surface area contributed by atoms with E-state index >= 15 is 0 Å². The van der Waals surface area contributed by atoms with Crippen molar-refractivity contribution in [3.8, 4) is 0 Å². The first-order valence-corrected chi connectivity index (χ1v) is 18.2. The van der Waals surface area contributed by atoms with Crippen LogP contribution in [0.3, 0.4) is 0 Å². The molecule has 2 fully saturated rings. The fraction of sp³-hybridized carbons (Fsp3) is 0.308. The fourth-order valence-electron chi connectivity index (χ4n) is 5.92. The first kappa shape index (κ1) is 40.4. The van der Waals surface area contributed by atoms with E-state index in [0.29, 0.717) is 4.90 Å². The van der Waals surface area contributed by atoms with E-state index in [0.717, 1.165) is 11.8 Å². The minimum absolute atomic E-state index is 0.131. The van der Waals surface area contributed by atoms with Crippen LogP contribution in [-0.2, 0) is 28.4 Å². The van der Waals surface area contributed by atoms with Crippen LogP contribution in [0, 0.1) is 10.1 Å². The summed E-state index contributed by atoms with van der Waals surface area (Å²) in [6.45, 7) is -1.14. The third-order valence-corrected chi connectivity index (χ3v) is 10.1. The third kappa shape index (κ3) is 9.76. The minimum atomic E-state index is -1.93. The topological polar surface area (TPSA) is 231 Å². The molecule has 2 heterocycles. The summed E-state index contributed by atoms with van der Waals surface area (Å²) < 4.78 is 34.9. The Morgan fingerprint density at radius 2 is 1.11 bits per heavy atom. The lowest BCUT2D eigenvalue weighted by atomic mass is 9.97. The van der Waals surface area contributed by atoms with E-state index in [1.165, 1.54) is 60.7 Å². The first-order chi connectivity index (χ1) is 27.0. The number of non-ortho nitro benzene ring substituents is 1. The molecule has 0 bridgehead atoms. The minimum Gasteiger partial charge on any atom is -0.459 e. The Morgan fingerprint density at radius 3 is 1.62 bits per heavy atom. The van der Waals surface area contributed by atoms with Gasteiger partial charge in [0.05, 0.1) is 21.6 Å². The van der Waals surface area contributed by atoms with E-state index in [1.54, 1.807) is 54.6 Å². The van der Waals surface area contributed by atoms with Gasteiger partial charge in [0.1, 0.15) is 61.4 Å². The number of carbonyl (C=O) groups excluding carboxylic acids is 3. The monoisotopic (exact) mass is 791 g/mol. The summed E-state index contributed by atoms with van der Waals surface area (Å²) in [6.07, 6.45) is -15.1. The van der Waals surface area contributed by atoms with Gasteiger partial charge in [-0.25, -0.2) is 14.4 Å². The van der Waals surface area contributed by atoms with Crippen molar-refractivity contribution < 1.29 is 68.2 Å². The maximum absolute atomic E-state index is 13.4. The maximum atomic E-state index is 13.4. The van der Waals surface area contributed by atoms with Gasteiger partial charge in [-0.3, -0.25) is 10.1 Å². The van der Waals surface area contributed by atoms with Crippen LogP contribution in [0.4, 0.5) is 5.69 Å². The largest absolute Gasteiger partial charge is 0.459 e. The van der Waals surface area contributed by atoms with Crippen molar-refractivity contribution in [1.82, 2.24) is 0 Å². The van der Waals surface area contributed by atoms with Crippen molar-refractivity contribution in [2.45, 2.75) is 65.5 Å². The Kier molecular flexibility index (Phi) is 13.4. The van der Waals surface area contributed by atoms with Crippen LogP contribution in [0.2, 0.25) is 0 Å². The van der Waals surface area contributed by atoms with E-state index in [9.17, 15) is 44.9 Å². The van der Waals surface area contributed by atoms with Crippen molar-refractivity contribution >= 4 is 35.4 Å². The number of aliphatic hydroxyl groups is 4. The Morgan fingerprint density at radius 1 is 0.607 bits per heavy atom. The highest BCUT2D eigenvalue weighted by molar-refractivity contribution is 7.99. The second kappa shape index (κ2) is 18.6. The molecule has 17 heteroatoms. The highest BCUT2D eigenvalue weighted by atomic mass is 32.2. The van der Waals surface area contributed by atoms with Gasteiger partial charge >= 0.3 is 17.9 Å². The Balaban J connectivity index is 1.28. The van der Waals surface area contributed by atoms with Gasteiger partial charge in [0, 0.05) is 17.0 Å². The summed E-state index contributed by atoms with van der Waals surface area (Å²) in [6, 6.07) is 29.2. The molecule has 2 aliphatic rings. The molecule has 6 rings (SSSR count). The third-order valence-electron chi connectivity index (χ3n) is 8.91. The smallest absolute Gasteiger partial charge is 0.338 e. The molecule has 0 radical (unpaired) electrons. The van der Waals surface area contributed by atoms with Crippen molar-refractivity contribution in [1.29, 1.82) is 0 Å². The number of esters is 3. The van der Waals surface area contributed by atoms with Gasteiger partial charge in [-0.1, -0.05) is 66.4 Å². The number of nitro groups is 1. The van der Waals surface area contributed by atoms with Gasteiger partial charge in [-0.05, 0) is 48.5 Å². The average molecular weight is 792 g/mol. The molecule has 56 heavy (non-hydrogen) atoms. The predicted octanol–water partition coefficient (Wildman–Crippen LogP) is 2.91. The van der Waals surface area contributed by atoms with Gasteiger partial charge in [0.25, 0.3) is 5.69 Å². The molecule has 0 spiro atoms. The van der Waals surface area contributed by atoms with Crippen LogP contribution in [0.25, 0.3) is 0 Å². The number of thioether (sulfide) groups is 1. The standard InChI is InChI=1S/C39H37NO15S/c41-29-27(20-50-35(45)22-10-4-1-5-11-22)52-38(31(43)30(29)42)55-33-28(21-51-36(46)23-12-6-2-7-13-23)53-39(56-26-18-16-25(17-19-26)40(48)49)34(32(33)44)54-37(47)24-14-8-3-9-15-24/h1-19,27-34,38-39,41-44H,20-21H2/t27-,28-,29+,30+,31-,32+,33-,34-,38+,39+/m1/s1. The highest BCUT2D eigenvalue weighted by Crippen LogP contribution is 2.38. The molecule has 294 valence electrons. The summed E-state index contributed by atoms with van der Waals surface area (Å²) >= 11 is 0.945. The summed E-state index contributed by atoms with van der Waals surface area (Å²) in [5.74, 6) is -2.36. The Bertz CT molecular complexity index is 1940. The number of hydrogen-bond acceptors (Lipinski definition) is 16. The Labute approximate surface area is 323 Å². The van der Waals surface area contributed by atoms with Gasteiger partial charge in [-0.2, -0.15) is 0 Å². The van der Waals surface area contributed by atoms with E-state index in [1.807, 2.05) is 0 Å². The van der Waals surface area contributed by atoms with Crippen molar-refractivity contribution in [2.75, 3.05) is 13.2 Å². The van der Waals surface area contributed by atoms with Crippen LogP contribution in [0.15, 0.2) is 120 Å². The summed E-state index contributed by atoms with van der Waals surface area (Å²) in [5.41, 5.74) is -0.889.